The van der Waals surface area contributed by atoms with E-state index < -0.39 is 0 Å². The summed E-state index contributed by atoms with van der Waals surface area (Å²) in [7, 11) is 0. The first-order chi connectivity index (χ1) is 9.70. The van der Waals surface area contributed by atoms with Crippen molar-refractivity contribution in [2.24, 2.45) is 0 Å². The molecule has 0 aliphatic carbocycles. The SMILES string of the molecule is Cc1cccc(Cn2cc(-c3cccc(Cl)c3)cn2)c1. The van der Waals surface area contributed by atoms with E-state index in [-0.39, 0.29) is 0 Å². The highest BCUT2D eigenvalue weighted by atomic mass is 35.5. The summed E-state index contributed by atoms with van der Waals surface area (Å²) in [5, 5.41) is 5.17. The van der Waals surface area contributed by atoms with Gasteiger partial charge in [-0.25, -0.2) is 0 Å². The lowest BCUT2D eigenvalue weighted by Gasteiger charge is -2.03. The second-order valence-electron chi connectivity index (χ2n) is 4.93. The molecule has 20 heavy (non-hydrogen) atoms. The summed E-state index contributed by atoms with van der Waals surface area (Å²) in [4.78, 5) is 0. The summed E-state index contributed by atoms with van der Waals surface area (Å²) in [6.45, 7) is 2.88. The van der Waals surface area contributed by atoms with Crippen LogP contribution in [0.2, 0.25) is 5.02 Å². The molecule has 3 heteroatoms. The maximum Gasteiger partial charge on any atom is 0.0659 e. The normalized spacial score (nSPS) is 10.7. The number of aryl methyl sites for hydroxylation is 1. The summed E-state index contributed by atoms with van der Waals surface area (Å²) in [6, 6.07) is 16.3. The molecule has 0 saturated heterocycles. The zero-order chi connectivity index (χ0) is 13.9. The molecule has 1 heterocycles. The van der Waals surface area contributed by atoms with Crippen molar-refractivity contribution in [3.63, 3.8) is 0 Å². The predicted octanol–water partition coefficient (Wildman–Crippen LogP) is 4.56. The first-order valence-electron chi connectivity index (χ1n) is 6.55. The second-order valence-corrected chi connectivity index (χ2v) is 5.36. The molecule has 0 fully saturated rings. The Hall–Kier alpha value is -2.06. The highest BCUT2D eigenvalue weighted by Crippen LogP contribution is 2.22. The van der Waals surface area contributed by atoms with Crippen molar-refractivity contribution in [1.29, 1.82) is 0 Å². The lowest BCUT2D eigenvalue weighted by molar-refractivity contribution is 0.686. The number of hydrogen-bond donors (Lipinski definition) is 0. The van der Waals surface area contributed by atoms with E-state index in [1.54, 1.807) is 0 Å². The fourth-order valence-corrected chi connectivity index (χ4v) is 2.46. The van der Waals surface area contributed by atoms with E-state index in [0.29, 0.717) is 0 Å². The number of aromatic nitrogens is 2. The highest BCUT2D eigenvalue weighted by molar-refractivity contribution is 6.30. The fourth-order valence-electron chi connectivity index (χ4n) is 2.26. The lowest BCUT2D eigenvalue weighted by Crippen LogP contribution is -1.99. The molecule has 100 valence electrons. The Balaban J connectivity index is 1.84. The Morgan fingerprint density at radius 1 is 1.05 bits per heavy atom. The third-order valence-electron chi connectivity index (χ3n) is 3.22. The minimum Gasteiger partial charge on any atom is -0.268 e. The van der Waals surface area contributed by atoms with E-state index in [1.807, 2.05) is 41.3 Å². The van der Waals surface area contributed by atoms with E-state index in [9.17, 15) is 0 Å². The van der Waals surface area contributed by atoms with Crippen LogP contribution in [0.3, 0.4) is 0 Å². The van der Waals surface area contributed by atoms with Crippen LogP contribution in [0.1, 0.15) is 11.1 Å². The Morgan fingerprint density at radius 2 is 1.90 bits per heavy atom. The van der Waals surface area contributed by atoms with Crippen LogP contribution in [0.5, 0.6) is 0 Å². The van der Waals surface area contributed by atoms with Gasteiger partial charge in [-0.1, -0.05) is 53.6 Å². The van der Waals surface area contributed by atoms with E-state index in [1.165, 1.54) is 11.1 Å². The van der Waals surface area contributed by atoms with Crippen LogP contribution in [-0.4, -0.2) is 9.78 Å². The number of halogens is 1. The Morgan fingerprint density at radius 3 is 2.70 bits per heavy atom. The Bertz CT molecular complexity index is 731. The van der Waals surface area contributed by atoms with Crippen LogP contribution in [0.25, 0.3) is 11.1 Å². The number of nitrogens with zero attached hydrogens (tertiary/aromatic N) is 2. The molecule has 0 aliphatic heterocycles. The average Bonchev–Trinajstić information content (AvgIpc) is 2.87. The van der Waals surface area contributed by atoms with Crippen molar-refractivity contribution >= 4 is 11.6 Å². The van der Waals surface area contributed by atoms with Crippen LogP contribution in [-0.2, 0) is 6.54 Å². The van der Waals surface area contributed by atoms with Gasteiger partial charge in [0.1, 0.15) is 0 Å². The van der Waals surface area contributed by atoms with Crippen molar-refractivity contribution in [3.8, 4) is 11.1 Å². The zero-order valence-corrected chi connectivity index (χ0v) is 12.0. The first-order valence-corrected chi connectivity index (χ1v) is 6.92. The minimum atomic E-state index is 0.744. The van der Waals surface area contributed by atoms with Gasteiger partial charge in [0, 0.05) is 16.8 Å². The molecule has 3 aromatic rings. The molecule has 1 aromatic heterocycles. The third kappa shape index (κ3) is 2.91. The molecule has 2 aromatic carbocycles. The number of rotatable bonds is 3. The highest BCUT2D eigenvalue weighted by Gasteiger charge is 2.03. The average molecular weight is 283 g/mol. The topological polar surface area (TPSA) is 17.8 Å². The van der Waals surface area contributed by atoms with Crippen LogP contribution < -0.4 is 0 Å². The van der Waals surface area contributed by atoms with E-state index in [2.05, 4.69) is 36.3 Å². The van der Waals surface area contributed by atoms with Crippen molar-refractivity contribution in [2.45, 2.75) is 13.5 Å². The van der Waals surface area contributed by atoms with Crippen LogP contribution in [0.15, 0.2) is 60.9 Å². The molecule has 3 rings (SSSR count). The van der Waals surface area contributed by atoms with Gasteiger partial charge in [0.05, 0.1) is 12.7 Å². The van der Waals surface area contributed by atoms with Gasteiger partial charge < -0.3 is 0 Å². The first kappa shape index (κ1) is 12.9. The quantitative estimate of drug-likeness (QED) is 0.688. The van der Waals surface area contributed by atoms with Crippen molar-refractivity contribution in [2.75, 3.05) is 0 Å². The van der Waals surface area contributed by atoms with Gasteiger partial charge in [-0.3, -0.25) is 4.68 Å². The molecule has 0 radical (unpaired) electrons. The van der Waals surface area contributed by atoms with Crippen LogP contribution in [0.4, 0.5) is 0 Å². The lowest BCUT2D eigenvalue weighted by atomic mass is 10.1. The van der Waals surface area contributed by atoms with Gasteiger partial charge in [0.2, 0.25) is 0 Å². The molecule has 0 N–H and O–H groups in total. The molecule has 2 nitrogen and oxygen atoms in total. The molecular weight excluding hydrogens is 268 g/mol. The molecule has 0 spiro atoms. The monoisotopic (exact) mass is 282 g/mol. The van der Waals surface area contributed by atoms with Crippen LogP contribution >= 0.6 is 11.6 Å². The molecule has 0 unspecified atom stereocenters. The van der Waals surface area contributed by atoms with Crippen molar-refractivity contribution in [3.05, 3.63) is 77.1 Å². The van der Waals surface area contributed by atoms with Crippen molar-refractivity contribution < 1.29 is 0 Å². The predicted molar refractivity (Wildman–Crippen MR) is 83.0 cm³/mol. The fraction of sp³-hybridized carbons (Fsp3) is 0.118. The molecule has 0 atom stereocenters. The molecule has 0 saturated carbocycles. The molecular formula is C17H15ClN2. The maximum atomic E-state index is 6.02. The Kier molecular flexibility index (Phi) is 3.57. The summed E-state index contributed by atoms with van der Waals surface area (Å²) in [5.41, 5.74) is 4.70. The molecule has 0 bridgehead atoms. The summed E-state index contributed by atoms with van der Waals surface area (Å²) in [6.07, 6.45) is 3.93. The maximum absolute atomic E-state index is 6.02. The van der Waals surface area contributed by atoms with Gasteiger partial charge in [0.15, 0.2) is 0 Å². The smallest absolute Gasteiger partial charge is 0.0659 e. The zero-order valence-electron chi connectivity index (χ0n) is 11.3. The third-order valence-corrected chi connectivity index (χ3v) is 3.45. The van der Waals surface area contributed by atoms with E-state index in [0.717, 1.165) is 22.7 Å². The largest absolute Gasteiger partial charge is 0.268 e. The number of benzene rings is 2. The van der Waals surface area contributed by atoms with Gasteiger partial charge in [0.25, 0.3) is 0 Å². The van der Waals surface area contributed by atoms with Crippen LogP contribution in [0, 0.1) is 6.92 Å². The molecule has 0 amide bonds. The molecule has 0 aliphatic rings. The van der Waals surface area contributed by atoms with Gasteiger partial charge in [-0.15, -0.1) is 0 Å². The van der Waals surface area contributed by atoms with Crippen molar-refractivity contribution in [1.82, 2.24) is 9.78 Å². The minimum absolute atomic E-state index is 0.744. The number of hydrogen-bond acceptors (Lipinski definition) is 1. The van der Waals surface area contributed by atoms with Gasteiger partial charge >= 0.3 is 0 Å². The van der Waals surface area contributed by atoms with E-state index in [4.69, 9.17) is 11.6 Å². The second kappa shape index (κ2) is 5.51. The summed E-state index contributed by atoms with van der Waals surface area (Å²) < 4.78 is 1.95. The van der Waals surface area contributed by atoms with E-state index >= 15 is 0 Å². The summed E-state index contributed by atoms with van der Waals surface area (Å²) >= 11 is 6.02. The Labute approximate surface area is 123 Å². The van der Waals surface area contributed by atoms with Gasteiger partial charge in [-0.05, 0) is 30.2 Å². The standard InChI is InChI=1S/C17H15ClN2/c1-13-4-2-5-14(8-13)11-20-12-16(10-19-20)15-6-3-7-17(18)9-15/h2-10,12H,11H2,1H3. The summed E-state index contributed by atoms with van der Waals surface area (Å²) in [5.74, 6) is 0. The van der Waals surface area contributed by atoms with Gasteiger partial charge in [-0.2, -0.15) is 5.10 Å².